The lowest BCUT2D eigenvalue weighted by atomic mass is 9.97. The minimum absolute atomic E-state index is 0.0187. The number of carbonyl (C=O) groups is 1. The average molecular weight is 378 g/mol. The first kappa shape index (κ1) is 22.8. The molecule has 0 bridgehead atoms. The van der Waals surface area contributed by atoms with Crippen LogP contribution in [0.15, 0.2) is 35.7 Å². The van der Waals surface area contributed by atoms with Gasteiger partial charge in [0, 0.05) is 25.2 Å². The number of carbonyl (C=O) groups excluding carboxylic acids is 1. The van der Waals surface area contributed by atoms with E-state index in [1.54, 1.807) is 18.7 Å². The zero-order valence-electron chi connectivity index (χ0n) is 17.2. The molecule has 146 valence electrons. The Morgan fingerprint density at radius 2 is 1.81 bits per heavy atom. The molecular weight excluding hydrogens is 342 g/mol. The van der Waals surface area contributed by atoms with Crippen LogP contribution in [-0.4, -0.2) is 30.4 Å². The van der Waals surface area contributed by atoms with E-state index in [9.17, 15) is 4.79 Å². The molecule has 3 nitrogen and oxygen atoms in total. The smallest absolute Gasteiger partial charge is 0.217 e. The molecule has 1 aromatic carbocycles. The van der Waals surface area contributed by atoms with Gasteiger partial charge < -0.3 is 10.1 Å². The van der Waals surface area contributed by atoms with Gasteiger partial charge in [0.25, 0.3) is 0 Å². The lowest BCUT2D eigenvalue weighted by Crippen LogP contribution is -2.44. The van der Waals surface area contributed by atoms with Crippen molar-refractivity contribution in [1.29, 1.82) is 0 Å². The molecule has 4 heteroatoms. The van der Waals surface area contributed by atoms with Gasteiger partial charge in [0.2, 0.25) is 5.91 Å². The molecule has 1 amide bonds. The third kappa shape index (κ3) is 7.96. The van der Waals surface area contributed by atoms with E-state index in [-0.39, 0.29) is 24.0 Å². The number of rotatable bonds is 11. The molecule has 0 aliphatic heterocycles. The Morgan fingerprint density at radius 3 is 2.31 bits per heavy atom. The summed E-state index contributed by atoms with van der Waals surface area (Å²) in [6.45, 7) is 17.1. The topological polar surface area (TPSA) is 38.3 Å². The second kappa shape index (κ2) is 11.5. The molecule has 1 aromatic rings. The average Bonchev–Trinajstić information content (AvgIpc) is 2.57. The van der Waals surface area contributed by atoms with E-state index in [0.717, 1.165) is 17.1 Å². The molecule has 0 spiro atoms. The Morgan fingerprint density at radius 1 is 1.19 bits per heavy atom. The van der Waals surface area contributed by atoms with Gasteiger partial charge in [-0.15, -0.1) is 11.8 Å². The van der Waals surface area contributed by atoms with Gasteiger partial charge >= 0.3 is 0 Å². The molecule has 0 saturated carbocycles. The van der Waals surface area contributed by atoms with Crippen LogP contribution >= 0.6 is 11.8 Å². The van der Waals surface area contributed by atoms with Crippen LogP contribution in [0.25, 0.3) is 0 Å². The number of amides is 1. The Labute approximate surface area is 164 Å². The zero-order valence-corrected chi connectivity index (χ0v) is 18.0. The van der Waals surface area contributed by atoms with E-state index in [1.165, 1.54) is 11.1 Å². The summed E-state index contributed by atoms with van der Waals surface area (Å²) in [5, 5.41) is 3.00. The van der Waals surface area contributed by atoms with E-state index in [1.807, 2.05) is 13.8 Å². The van der Waals surface area contributed by atoms with Crippen molar-refractivity contribution in [2.24, 2.45) is 5.92 Å². The van der Waals surface area contributed by atoms with E-state index >= 15 is 0 Å². The predicted molar refractivity (Wildman–Crippen MR) is 114 cm³/mol. The molecule has 0 saturated heterocycles. The van der Waals surface area contributed by atoms with Gasteiger partial charge in [-0.2, -0.15) is 0 Å². The fraction of sp³-hybridized carbons (Fsp3) is 0.591. The Hall–Kier alpha value is -1.26. The van der Waals surface area contributed by atoms with Crippen LogP contribution in [0.1, 0.15) is 58.6 Å². The van der Waals surface area contributed by atoms with Gasteiger partial charge in [0.15, 0.2) is 0 Å². The summed E-state index contributed by atoms with van der Waals surface area (Å²) in [7, 11) is 0. The van der Waals surface area contributed by atoms with E-state index in [2.05, 4.69) is 56.9 Å². The number of hydrogen-bond acceptors (Lipinski definition) is 3. The first-order valence-electron chi connectivity index (χ1n) is 9.53. The molecular formula is C22H35NO2S. The maximum Gasteiger partial charge on any atom is 0.217 e. The largest absolute Gasteiger partial charge is 0.377 e. The number of hydrogen-bond donors (Lipinski definition) is 1. The molecule has 0 fully saturated rings. The van der Waals surface area contributed by atoms with Crippen molar-refractivity contribution in [1.82, 2.24) is 5.32 Å². The second-order valence-electron chi connectivity index (χ2n) is 7.31. The van der Waals surface area contributed by atoms with E-state index in [4.69, 9.17) is 4.74 Å². The molecule has 0 aromatic heterocycles. The van der Waals surface area contributed by atoms with Crippen LogP contribution in [-0.2, 0) is 16.0 Å². The maximum absolute atomic E-state index is 11.5. The molecule has 0 aliphatic rings. The van der Waals surface area contributed by atoms with E-state index in [0.29, 0.717) is 12.5 Å². The zero-order chi connectivity index (χ0) is 19.7. The quantitative estimate of drug-likeness (QED) is 0.578. The van der Waals surface area contributed by atoms with E-state index < -0.39 is 0 Å². The number of thioether (sulfide) groups is 1. The number of benzene rings is 1. The first-order valence-corrected chi connectivity index (χ1v) is 10.5. The van der Waals surface area contributed by atoms with Crippen molar-refractivity contribution in [2.45, 2.75) is 66.0 Å². The molecule has 0 aliphatic carbocycles. The number of allylic oxidation sites excluding steroid dienone is 1. The highest BCUT2D eigenvalue weighted by Crippen LogP contribution is 2.32. The first-order chi connectivity index (χ1) is 12.2. The van der Waals surface area contributed by atoms with Gasteiger partial charge in [0.05, 0.1) is 12.1 Å². The van der Waals surface area contributed by atoms with Gasteiger partial charge in [-0.1, -0.05) is 51.6 Å². The second-order valence-corrected chi connectivity index (χ2v) is 8.45. The minimum atomic E-state index is -0.0263. The normalized spacial score (nSPS) is 14.7. The van der Waals surface area contributed by atoms with Gasteiger partial charge in [0.1, 0.15) is 0 Å². The maximum atomic E-state index is 11.5. The van der Waals surface area contributed by atoms with Crippen LogP contribution in [0.5, 0.6) is 0 Å². The predicted octanol–water partition coefficient (Wildman–Crippen LogP) is 5.17. The van der Waals surface area contributed by atoms with Crippen LogP contribution in [0, 0.1) is 5.92 Å². The molecule has 0 radical (unpaired) electrons. The molecule has 3 atom stereocenters. The molecule has 0 heterocycles. The standard InChI is InChI=1S/C22H35NO2S/c1-8-25-17(5)22(23-19(7)24)14-26-18(6)16(4)21-11-9-20(10-12-21)13-15(2)3/h9-12,15-17,22H,6,8,13-14H2,1-5,7H3,(H,23,24)/t16-,17?,22?/m1/s1. The summed E-state index contributed by atoms with van der Waals surface area (Å²) in [5.74, 6) is 1.67. The van der Waals surface area contributed by atoms with Crippen molar-refractivity contribution < 1.29 is 9.53 Å². The minimum Gasteiger partial charge on any atom is -0.377 e. The monoisotopic (exact) mass is 377 g/mol. The Balaban J connectivity index is 2.65. The van der Waals surface area contributed by atoms with Gasteiger partial charge in [-0.3, -0.25) is 4.79 Å². The van der Waals surface area contributed by atoms with Crippen LogP contribution in [0.4, 0.5) is 0 Å². The van der Waals surface area contributed by atoms with Crippen molar-refractivity contribution in [2.75, 3.05) is 12.4 Å². The summed E-state index contributed by atoms with van der Waals surface area (Å²) < 4.78 is 5.67. The highest BCUT2D eigenvalue weighted by molar-refractivity contribution is 8.03. The molecule has 1 N–H and O–H groups in total. The lowest BCUT2D eigenvalue weighted by Gasteiger charge is -2.25. The highest BCUT2D eigenvalue weighted by atomic mass is 32.2. The molecule has 2 unspecified atom stereocenters. The van der Waals surface area contributed by atoms with Crippen molar-refractivity contribution in [3.05, 3.63) is 46.9 Å². The number of ether oxygens (including phenoxy) is 1. The summed E-state index contributed by atoms with van der Waals surface area (Å²) in [5.41, 5.74) is 2.66. The summed E-state index contributed by atoms with van der Waals surface area (Å²) in [4.78, 5) is 12.6. The summed E-state index contributed by atoms with van der Waals surface area (Å²) in [6, 6.07) is 8.85. The fourth-order valence-electron chi connectivity index (χ4n) is 2.86. The molecule has 1 rings (SSSR count). The van der Waals surface area contributed by atoms with Crippen molar-refractivity contribution >= 4 is 17.7 Å². The summed E-state index contributed by atoms with van der Waals surface area (Å²) in [6.07, 6.45) is 1.09. The fourth-order valence-corrected chi connectivity index (χ4v) is 3.99. The molecule has 26 heavy (non-hydrogen) atoms. The van der Waals surface area contributed by atoms with Crippen LogP contribution in [0.3, 0.4) is 0 Å². The Bertz CT molecular complexity index is 568. The lowest BCUT2D eigenvalue weighted by molar-refractivity contribution is -0.120. The van der Waals surface area contributed by atoms with Crippen LogP contribution < -0.4 is 5.32 Å². The van der Waals surface area contributed by atoms with Crippen molar-refractivity contribution in [3.8, 4) is 0 Å². The van der Waals surface area contributed by atoms with Gasteiger partial charge in [-0.25, -0.2) is 0 Å². The highest BCUT2D eigenvalue weighted by Gasteiger charge is 2.20. The third-order valence-corrected chi connectivity index (χ3v) is 5.69. The Kier molecular flexibility index (Phi) is 10.0. The van der Waals surface area contributed by atoms with Gasteiger partial charge in [-0.05, 0) is 42.2 Å². The number of nitrogens with one attached hydrogen (secondary N) is 1. The van der Waals surface area contributed by atoms with Crippen LogP contribution in [0.2, 0.25) is 0 Å². The summed E-state index contributed by atoms with van der Waals surface area (Å²) >= 11 is 1.71. The third-order valence-electron chi connectivity index (χ3n) is 4.44. The SMILES string of the molecule is C=C(SCC(NC(C)=O)C(C)OCC)[C@@H](C)c1ccc(CC(C)C)cc1. The van der Waals surface area contributed by atoms with Crippen molar-refractivity contribution in [3.63, 3.8) is 0 Å².